The van der Waals surface area contributed by atoms with Crippen molar-refractivity contribution in [1.82, 2.24) is 5.43 Å². The van der Waals surface area contributed by atoms with Gasteiger partial charge in [-0.1, -0.05) is 45.0 Å². The molecule has 0 unspecified atom stereocenters. The van der Waals surface area contributed by atoms with Crippen LogP contribution in [0.1, 0.15) is 37.5 Å². The predicted octanol–water partition coefficient (Wildman–Crippen LogP) is 5.14. The number of nitrogens with one attached hydrogen (secondary N) is 1. The molecule has 1 amide bonds. The Hall–Kier alpha value is -4.39. The molecule has 0 spiro atoms. The highest BCUT2D eigenvalue weighted by Gasteiger charge is 2.13. The van der Waals surface area contributed by atoms with Gasteiger partial charge in [0.1, 0.15) is 17.2 Å². The Morgan fingerprint density at radius 1 is 0.833 bits per heavy atom. The minimum Gasteiger partial charge on any atom is -0.497 e. The number of ether oxygens (including phenoxy) is 3. The second kappa shape index (κ2) is 12.4. The Balaban J connectivity index is 1.42. The summed E-state index contributed by atoms with van der Waals surface area (Å²) >= 11 is 0. The molecule has 3 rings (SSSR count). The SMILES string of the molecule is COc1ccc(C=CC(=O)Oc2ccc(C=NNC(=O)COc3ccc(C(C)(C)C)cc3)cc2)cc1. The van der Waals surface area contributed by atoms with Crippen molar-refractivity contribution in [3.63, 3.8) is 0 Å². The fourth-order valence-corrected chi connectivity index (χ4v) is 3.06. The molecule has 0 aliphatic rings. The Kier molecular flexibility index (Phi) is 9.00. The highest BCUT2D eigenvalue weighted by atomic mass is 16.5. The molecule has 0 radical (unpaired) electrons. The standard InChI is InChI=1S/C29H30N2O5/c1-29(2,3)23-10-16-25(17-11-23)35-20-27(32)31-30-19-22-7-14-26(15-8-22)36-28(33)18-9-21-5-12-24(34-4)13-6-21/h5-19H,20H2,1-4H3,(H,31,32). The third kappa shape index (κ3) is 8.43. The van der Waals surface area contributed by atoms with Crippen LogP contribution in [0.3, 0.4) is 0 Å². The minimum atomic E-state index is -0.493. The Bertz CT molecular complexity index is 1210. The number of esters is 1. The molecule has 3 aromatic carbocycles. The molecule has 0 aliphatic heterocycles. The fraction of sp³-hybridized carbons (Fsp3) is 0.207. The maximum atomic E-state index is 12.0. The van der Waals surface area contributed by atoms with Gasteiger partial charge in [-0.25, -0.2) is 10.2 Å². The van der Waals surface area contributed by atoms with Gasteiger partial charge >= 0.3 is 5.97 Å². The van der Waals surface area contributed by atoms with Crippen LogP contribution >= 0.6 is 0 Å². The molecule has 0 bridgehead atoms. The summed E-state index contributed by atoms with van der Waals surface area (Å²) in [6.45, 7) is 6.26. The number of hydrazone groups is 1. The lowest BCUT2D eigenvalue weighted by molar-refractivity contribution is -0.129. The first-order valence-corrected chi connectivity index (χ1v) is 11.4. The molecule has 0 fully saturated rings. The zero-order valence-corrected chi connectivity index (χ0v) is 20.9. The van der Waals surface area contributed by atoms with Gasteiger partial charge in [0.25, 0.3) is 5.91 Å². The van der Waals surface area contributed by atoms with Gasteiger partial charge in [0, 0.05) is 6.08 Å². The second-order valence-electron chi connectivity index (χ2n) is 8.95. The quantitative estimate of drug-likeness (QED) is 0.149. The van der Waals surface area contributed by atoms with Crippen LogP contribution in [0.25, 0.3) is 6.08 Å². The Labute approximate surface area is 211 Å². The van der Waals surface area contributed by atoms with Crippen LogP contribution in [0.4, 0.5) is 0 Å². The van der Waals surface area contributed by atoms with Crippen LogP contribution in [0.2, 0.25) is 0 Å². The zero-order valence-electron chi connectivity index (χ0n) is 20.9. The van der Waals surface area contributed by atoms with E-state index in [-0.39, 0.29) is 17.9 Å². The smallest absolute Gasteiger partial charge is 0.336 e. The molecular weight excluding hydrogens is 456 g/mol. The number of methoxy groups -OCH3 is 1. The van der Waals surface area contributed by atoms with Gasteiger partial charge in [-0.15, -0.1) is 0 Å². The van der Waals surface area contributed by atoms with Crippen LogP contribution in [0.15, 0.2) is 84.0 Å². The van der Waals surface area contributed by atoms with Crippen molar-refractivity contribution in [2.75, 3.05) is 13.7 Å². The lowest BCUT2D eigenvalue weighted by atomic mass is 9.87. The zero-order chi connectivity index (χ0) is 26.0. The molecule has 36 heavy (non-hydrogen) atoms. The number of rotatable bonds is 9. The summed E-state index contributed by atoms with van der Waals surface area (Å²) in [5.41, 5.74) is 5.25. The van der Waals surface area contributed by atoms with Crippen molar-refractivity contribution in [2.24, 2.45) is 5.10 Å². The molecule has 3 aromatic rings. The summed E-state index contributed by atoms with van der Waals surface area (Å²) in [7, 11) is 1.60. The fourth-order valence-electron chi connectivity index (χ4n) is 3.06. The normalized spacial score (nSPS) is 11.4. The van der Waals surface area contributed by atoms with E-state index in [0.29, 0.717) is 11.5 Å². The molecule has 0 atom stereocenters. The average molecular weight is 487 g/mol. The number of hydrogen-bond acceptors (Lipinski definition) is 6. The second-order valence-corrected chi connectivity index (χ2v) is 8.95. The first-order chi connectivity index (χ1) is 17.2. The molecule has 0 heterocycles. The molecule has 0 aromatic heterocycles. The van der Waals surface area contributed by atoms with Crippen LogP contribution in [0, 0.1) is 0 Å². The van der Waals surface area contributed by atoms with Crippen LogP contribution in [-0.2, 0) is 15.0 Å². The third-order valence-corrected chi connectivity index (χ3v) is 5.12. The monoisotopic (exact) mass is 486 g/mol. The molecule has 0 saturated carbocycles. The molecule has 186 valence electrons. The lowest BCUT2D eigenvalue weighted by Crippen LogP contribution is -2.24. The van der Waals surface area contributed by atoms with Crippen molar-refractivity contribution in [3.8, 4) is 17.2 Å². The van der Waals surface area contributed by atoms with Crippen LogP contribution in [-0.4, -0.2) is 31.8 Å². The summed E-state index contributed by atoms with van der Waals surface area (Å²) in [4.78, 5) is 24.0. The van der Waals surface area contributed by atoms with Crippen molar-refractivity contribution in [3.05, 3.63) is 95.6 Å². The minimum absolute atomic E-state index is 0.0549. The van der Waals surface area contributed by atoms with Gasteiger partial charge in [0.05, 0.1) is 13.3 Å². The van der Waals surface area contributed by atoms with E-state index < -0.39 is 5.97 Å². The van der Waals surface area contributed by atoms with Crippen molar-refractivity contribution >= 4 is 24.2 Å². The number of benzene rings is 3. The molecular formula is C29H30N2O5. The summed E-state index contributed by atoms with van der Waals surface area (Å²) < 4.78 is 15.9. The first-order valence-electron chi connectivity index (χ1n) is 11.4. The van der Waals surface area contributed by atoms with Gasteiger partial charge in [-0.3, -0.25) is 4.79 Å². The number of carbonyl (C=O) groups excluding carboxylic acids is 2. The summed E-state index contributed by atoms with van der Waals surface area (Å²) in [5.74, 6) is 0.888. The molecule has 7 nitrogen and oxygen atoms in total. The van der Waals surface area contributed by atoms with Gasteiger partial charge in [-0.2, -0.15) is 5.10 Å². The van der Waals surface area contributed by atoms with E-state index in [9.17, 15) is 9.59 Å². The van der Waals surface area contributed by atoms with Gasteiger partial charge in [0.2, 0.25) is 0 Å². The first kappa shape index (κ1) is 26.2. The van der Waals surface area contributed by atoms with E-state index in [4.69, 9.17) is 14.2 Å². The lowest BCUT2D eigenvalue weighted by Gasteiger charge is -2.19. The van der Waals surface area contributed by atoms with Gasteiger partial charge < -0.3 is 14.2 Å². The van der Waals surface area contributed by atoms with Crippen LogP contribution in [0.5, 0.6) is 17.2 Å². The number of hydrogen-bond donors (Lipinski definition) is 1. The van der Waals surface area contributed by atoms with E-state index in [1.165, 1.54) is 17.9 Å². The maximum absolute atomic E-state index is 12.0. The van der Waals surface area contributed by atoms with Gasteiger partial charge in [0.15, 0.2) is 6.61 Å². The molecule has 7 heteroatoms. The number of carbonyl (C=O) groups is 2. The number of nitrogens with zero attached hydrogens (tertiary/aromatic N) is 1. The average Bonchev–Trinajstić information content (AvgIpc) is 2.87. The van der Waals surface area contributed by atoms with E-state index in [1.54, 1.807) is 37.5 Å². The Morgan fingerprint density at radius 2 is 1.42 bits per heavy atom. The van der Waals surface area contributed by atoms with E-state index >= 15 is 0 Å². The highest BCUT2D eigenvalue weighted by Crippen LogP contribution is 2.24. The van der Waals surface area contributed by atoms with Crippen molar-refractivity contribution < 1.29 is 23.8 Å². The maximum Gasteiger partial charge on any atom is 0.336 e. The van der Waals surface area contributed by atoms with E-state index in [0.717, 1.165) is 16.9 Å². The Morgan fingerprint density at radius 3 is 2.03 bits per heavy atom. The van der Waals surface area contributed by atoms with E-state index in [2.05, 4.69) is 31.3 Å². The molecule has 0 saturated heterocycles. The molecule has 0 aliphatic carbocycles. The van der Waals surface area contributed by atoms with Crippen molar-refractivity contribution in [1.29, 1.82) is 0 Å². The van der Waals surface area contributed by atoms with E-state index in [1.807, 2.05) is 48.5 Å². The largest absolute Gasteiger partial charge is 0.497 e. The predicted molar refractivity (Wildman–Crippen MR) is 140 cm³/mol. The topological polar surface area (TPSA) is 86.2 Å². The highest BCUT2D eigenvalue weighted by molar-refractivity contribution is 5.89. The third-order valence-electron chi connectivity index (χ3n) is 5.12. The molecule has 1 N–H and O–H groups in total. The van der Waals surface area contributed by atoms with Gasteiger partial charge in [-0.05, 0) is 76.7 Å². The van der Waals surface area contributed by atoms with Crippen molar-refractivity contribution in [2.45, 2.75) is 26.2 Å². The number of amides is 1. The summed E-state index contributed by atoms with van der Waals surface area (Å²) in [6.07, 6.45) is 4.51. The summed E-state index contributed by atoms with van der Waals surface area (Å²) in [5, 5.41) is 3.93. The van der Waals surface area contributed by atoms with Crippen LogP contribution < -0.4 is 19.6 Å². The summed E-state index contributed by atoms with van der Waals surface area (Å²) in [6, 6.07) is 21.7.